The van der Waals surface area contributed by atoms with Gasteiger partial charge in [0.05, 0.1) is 11.0 Å². The lowest BCUT2D eigenvalue weighted by molar-refractivity contribution is 0.668. The molecule has 9 aromatic carbocycles. The summed E-state index contributed by atoms with van der Waals surface area (Å²) in [6, 6.07) is 71.5. The largest absolute Gasteiger partial charge is 0.456 e. The topological polar surface area (TPSA) is 69.9 Å². The lowest BCUT2D eigenvalue weighted by atomic mass is 10.0. The molecule has 0 spiro atoms. The van der Waals surface area contributed by atoms with Crippen LogP contribution in [0.25, 0.3) is 128 Å². The summed E-state index contributed by atoms with van der Waals surface area (Å²) >= 11 is 0. The third-order valence-electron chi connectivity index (χ3n) is 12.3. The second-order valence-electron chi connectivity index (χ2n) is 16.0. The molecular weight excluding hydrogens is 773 g/mol. The SMILES string of the molecule is c1ccc(-c2ccc3c(c2)oc2cccc(-c4nc(-c5ccccc5)nc(-c5ccc6c(c5)oc5cc(-n7c8ccccc8c8cc(-c9ccccc9)ccc87)ccc56)n4)c23)cc1. The Morgan fingerprint density at radius 1 is 0.302 bits per heavy atom. The van der Waals surface area contributed by atoms with Gasteiger partial charge in [0.15, 0.2) is 17.5 Å². The van der Waals surface area contributed by atoms with E-state index in [1.54, 1.807) is 0 Å². The van der Waals surface area contributed by atoms with Crippen molar-refractivity contribution in [2.75, 3.05) is 0 Å². The van der Waals surface area contributed by atoms with E-state index in [9.17, 15) is 0 Å². The van der Waals surface area contributed by atoms with Crippen molar-refractivity contribution in [3.63, 3.8) is 0 Å². The molecule has 6 nitrogen and oxygen atoms in total. The first kappa shape index (κ1) is 35.2. The summed E-state index contributed by atoms with van der Waals surface area (Å²) in [4.78, 5) is 15.4. The van der Waals surface area contributed by atoms with Crippen LogP contribution in [0.4, 0.5) is 0 Å². The van der Waals surface area contributed by atoms with Crippen molar-refractivity contribution in [1.29, 1.82) is 0 Å². The molecule has 0 N–H and O–H groups in total. The summed E-state index contributed by atoms with van der Waals surface area (Å²) in [6.45, 7) is 0. The van der Waals surface area contributed by atoms with Crippen molar-refractivity contribution in [2.24, 2.45) is 0 Å². The van der Waals surface area contributed by atoms with Crippen LogP contribution < -0.4 is 0 Å². The monoisotopic (exact) mass is 806 g/mol. The average molecular weight is 807 g/mol. The molecule has 0 amide bonds. The van der Waals surface area contributed by atoms with Gasteiger partial charge in [-0.1, -0.05) is 140 Å². The summed E-state index contributed by atoms with van der Waals surface area (Å²) in [5.41, 5.74) is 13.7. The minimum Gasteiger partial charge on any atom is -0.456 e. The lowest BCUT2D eigenvalue weighted by Crippen LogP contribution is -2.00. The highest BCUT2D eigenvalue weighted by molar-refractivity contribution is 6.13. The molecule has 0 saturated carbocycles. The number of hydrogen-bond donors (Lipinski definition) is 0. The van der Waals surface area contributed by atoms with Gasteiger partial charge in [-0.3, -0.25) is 0 Å². The number of fused-ring (bicyclic) bond motifs is 9. The summed E-state index contributed by atoms with van der Waals surface area (Å²) in [7, 11) is 0. The third kappa shape index (κ3) is 5.76. The van der Waals surface area contributed by atoms with E-state index in [1.807, 2.05) is 54.6 Å². The predicted molar refractivity (Wildman–Crippen MR) is 256 cm³/mol. The van der Waals surface area contributed by atoms with E-state index < -0.39 is 0 Å². The van der Waals surface area contributed by atoms with Crippen molar-refractivity contribution in [1.82, 2.24) is 19.5 Å². The van der Waals surface area contributed by atoms with Crippen LogP contribution in [-0.4, -0.2) is 19.5 Å². The Morgan fingerprint density at radius 2 is 0.841 bits per heavy atom. The van der Waals surface area contributed by atoms with Gasteiger partial charge in [-0.05, 0) is 82.9 Å². The molecule has 63 heavy (non-hydrogen) atoms. The number of hydrogen-bond acceptors (Lipinski definition) is 5. The number of furan rings is 2. The van der Waals surface area contributed by atoms with Crippen LogP contribution in [0.1, 0.15) is 0 Å². The summed E-state index contributed by atoms with van der Waals surface area (Å²) in [5, 5.41) is 6.46. The Bertz CT molecular complexity index is 3900. The molecule has 0 aliphatic carbocycles. The molecule has 6 heteroatoms. The van der Waals surface area contributed by atoms with Crippen LogP contribution in [0.3, 0.4) is 0 Å². The highest BCUT2D eigenvalue weighted by Crippen LogP contribution is 2.40. The van der Waals surface area contributed by atoms with Gasteiger partial charge in [-0.15, -0.1) is 0 Å². The van der Waals surface area contributed by atoms with Gasteiger partial charge in [-0.2, -0.15) is 0 Å². The van der Waals surface area contributed by atoms with Crippen molar-refractivity contribution >= 4 is 65.7 Å². The fourth-order valence-corrected chi connectivity index (χ4v) is 9.27. The van der Waals surface area contributed by atoms with Crippen LogP contribution in [0.5, 0.6) is 0 Å². The van der Waals surface area contributed by atoms with Crippen molar-refractivity contribution in [2.45, 2.75) is 0 Å². The smallest absolute Gasteiger partial charge is 0.164 e. The van der Waals surface area contributed by atoms with Gasteiger partial charge in [0.25, 0.3) is 0 Å². The number of nitrogens with zero attached hydrogens (tertiary/aromatic N) is 4. The number of para-hydroxylation sites is 1. The Kier molecular flexibility index (Phi) is 7.80. The first-order valence-electron chi connectivity index (χ1n) is 21.1. The minimum absolute atomic E-state index is 0.554. The van der Waals surface area contributed by atoms with Crippen molar-refractivity contribution in [3.8, 4) is 62.1 Å². The second kappa shape index (κ2) is 14.0. The van der Waals surface area contributed by atoms with Gasteiger partial charge in [0, 0.05) is 60.8 Å². The molecule has 0 atom stereocenters. The van der Waals surface area contributed by atoms with Gasteiger partial charge >= 0.3 is 0 Å². The van der Waals surface area contributed by atoms with Crippen LogP contribution in [0.2, 0.25) is 0 Å². The Balaban J connectivity index is 0.934. The van der Waals surface area contributed by atoms with E-state index in [1.165, 1.54) is 21.9 Å². The van der Waals surface area contributed by atoms with Crippen molar-refractivity contribution in [3.05, 3.63) is 206 Å². The average Bonchev–Trinajstić information content (AvgIpc) is 4.03. The highest BCUT2D eigenvalue weighted by atomic mass is 16.3. The highest BCUT2D eigenvalue weighted by Gasteiger charge is 2.20. The second-order valence-corrected chi connectivity index (χ2v) is 16.0. The van der Waals surface area contributed by atoms with Crippen LogP contribution in [0.15, 0.2) is 215 Å². The van der Waals surface area contributed by atoms with E-state index in [2.05, 4.69) is 156 Å². The standard InChI is InChI=1S/C57H34N4O2/c1-4-13-35(14-5-1)38-25-30-49-47(31-38)42-19-10-11-21-48(42)61(49)41-26-29-44-43-27-24-40(33-51(43)63-53(44)34-41)56-58-55(37-17-8-3-9-18-37)59-57(60-56)46-20-12-22-50-54(46)45-28-23-39(32-52(45)62-50)36-15-6-2-7-16-36/h1-34H. The molecule has 13 rings (SSSR count). The normalized spacial score (nSPS) is 11.8. The zero-order chi connectivity index (χ0) is 41.4. The molecule has 0 saturated heterocycles. The maximum atomic E-state index is 6.72. The number of benzene rings is 9. The molecule has 0 bridgehead atoms. The molecular formula is C57H34N4O2. The van der Waals surface area contributed by atoms with E-state index in [4.69, 9.17) is 23.8 Å². The summed E-state index contributed by atoms with van der Waals surface area (Å²) in [6.07, 6.45) is 0. The zero-order valence-corrected chi connectivity index (χ0v) is 33.7. The fourth-order valence-electron chi connectivity index (χ4n) is 9.27. The first-order chi connectivity index (χ1) is 31.2. The fraction of sp³-hybridized carbons (Fsp3) is 0. The van der Waals surface area contributed by atoms with Gasteiger partial charge in [0.1, 0.15) is 22.3 Å². The molecule has 294 valence electrons. The molecule has 0 aliphatic rings. The predicted octanol–water partition coefficient (Wildman–Crippen LogP) is 15.1. The molecule has 0 unspecified atom stereocenters. The van der Waals surface area contributed by atoms with Crippen molar-refractivity contribution < 1.29 is 8.83 Å². The molecule has 0 aliphatic heterocycles. The number of aromatic nitrogens is 4. The molecule has 0 radical (unpaired) electrons. The summed E-state index contributed by atoms with van der Waals surface area (Å²) in [5.74, 6) is 1.71. The van der Waals surface area contributed by atoms with Gasteiger partial charge in [0.2, 0.25) is 0 Å². The third-order valence-corrected chi connectivity index (χ3v) is 12.3. The van der Waals surface area contributed by atoms with E-state index >= 15 is 0 Å². The maximum absolute atomic E-state index is 6.72. The minimum atomic E-state index is 0.554. The Morgan fingerprint density at radius 3 is 1.62 bits per heavy atom. The van der Waals surface area contributed by atoms with Crippen LogP contribution in [-0.2, 0) is 0 Å². The van der Waals surface area contributed by atoms with Crippen LogP contribution in [0, 0.1) is 0 Å². The maximum Gasteiger partial charge on any atom is 0.164 e. The molecule has 0 fully saturated rings. The Labute approximate surface area is 361 Å². The van der Waals surface area contributed by atoms with E-state index in [-0.39, 0.29) is 0 Å². The van der Waals surface area contributed by atoms with E-state index in [0.717, 1.165) is 88.4 Å². The quantitative estimate of drug-likeness (QED) is 0.167. The lowest BCUT2D eigenvalue weighted by Gasteiger charge is -2.09. The molecule has 4 aromatic heterocycles. The molecule has 4 heterocycles. The van der Waals surface area contributed by atoms with Gasteiger partial charge < -0.3 is 13.4 Å². The van der Waals surface area contributed by atoms with Crippen LogP contribution >= 0.6 is 0 Å². The van der Waals surface area contributed by atoms with E-state index in [0.29, 0.717) is 17.5 Å². The summed E-state index contributed by atoms with van der Waals surface area (Å²) < 4.78 is 15.6. The molecule has 13 aromatic rings. The Hall–Kier alpha value is -8.61. The number of rotatable bonds is 6. The van der Waals surface area contributed by atoms with Gasteiger partial charge in [-0.25, -0.2) is 15.0 Å². The first-order valence-corrected chi connectivity index (χ1v) is 21.1. The zero-order valence-electron chi connectivity index (χ0n) is 33.7.